The minimum atomic E-state index is 0.489. The van der Waals surface area contributed by atoms with Crippen molar-refractivity contribution in [3.63, 3.8) is 0 Å². The van der Waals surface area contributed by atoms with Crippen LogP contribution in [0.5, 0.6) is 0 Å². The average Bonchev–Trinajstić information content (AvgIpc) is 3.05. The SMILES string of the molecule is CCN(CCC1CC1)C1CCC(N)CC1. The summed E-state index contributed by atoms with van der Waals surface area (Å²) >= 11 is 0. The summed E-state index contributed by atoms with van der Waals surface area (Å²) in [5, 5.41) is 0. The first-order valence-corrected chi connectivity index (χ1v) is 6.79. The van der Waals surface area contributed by atoms with Crippen molar-refractivity contribution in [2.24, 2.45) is 11.7 Å². The molecule has 0 aromatic carbocycles. The molecule has 2 heteroatoms. The molecule has 0 aliphatic heterocycles. The Morgan fingerprint density at radius 2 is 1.73 bits per heavy atom. The molecule has 0 radical (unpaired) electrons. The van der Waals surface area contributed by atoms with E-state index in [1.807, 2.05) is 0 Å². The van der Waals surface area contributed by atoms with Crippen molar-refractivity contribution in [1.29, 1.82) is 0 Å². The van der Waals surface area contributed by atoms with Crippen LogP contribution in [-0.4, -0.2) is 30.1 Å². The van der Waals surface area contributed by atoms with Gasteiger partial charge in [-0.2, -0.15) is 0 Å². The normalized spacial score (nSPS) is 32.2. The summed E-state index contributed by atoms with van der Waals surface area (Å²) in [6.07, 6.45) is 9.57. The van der Waals surface area contributed by atoms with Crippen LogP contribution >= 0.6 is 0 Å². The average molecular weight is 210 g/mol. The summed E-state index contributed by atoms with van der Waals surface area (Å²) in [6, 6.07) is 1.33. The molecular formula is C13H26N2. The van der Waals surface area contributed by atoms with Gasteiger partial charge in [-0.3, -0.25) is 0 Å². The summed E-state index contributed by atoms with van der Waals surface area (Å²) in [5.74, 6) is 1.07. The van der Waals surface area contributed by atoms with Gasteiger partial charge in [-0.15, -0.1) is 0 Å². The molecule has 2 rings (SSSR count). The molecule has 2 fully saturated rings. The molecule has 0 heterocycles. The first-order valence-electron chi connectivity index (χ1n) is 6.79. The van der Waals surface area contributed by atoms with Crippen LogP contribution in [0.15, 0.2) is 0 Å². The zero-order valence-electron chi connectivity index (χ0n) is 10.1. The van der Waals surface area contributed by atoms with Crippen molar-refractivity contribution in [1.82, 2.24) is 4.90 Å². The highest BCUT2D eigenvalue weighted by atomic mass is 15.1. The van der Waals surface area contributed by atoms with Gasteiger partial charge in [0.25, 0.3) is 0 Å². The number of nitrogens with zero attached hydrogens (tertiary/aromatic N) is 1. The van der Waals surface area contributed by atoms with Crippen LogP contribution in [0, 0.1) is 5.92 Å². The van der Waals surface area contributed by atoms with E-state index in [1.165, 1.54) is 58.0 Å². The van der Waals surface area contributed by atoms with Crippen LogP contribution < -0.4 is 5.73 Å². The molecule has 0 unspecified atom stereocenters. The number of hydrogen-bond donors (Lipinski definition) is 1. The molecule has 2 saturated carbocycles. The zero-order chi connectivity index (χ0) is 10.7. The van der Waals surface area contributed by atoms with Gasteiger partial charge in [0.05, 0.1) is 0 Å². The third-order valence-corrected chi connectivity index (χ3v) is 4.19. The van der Waals surface area contributed by atoms with Crippen molar-refractivity contribution in [3.8, 4) is 0 Å². The molecule has 0 atom stereocenters. The lowest BCUT2D eigenvalue weighted by Gasteiger charge is -2.35. The molecule has 2 nitrogen and oxygen atoms in total. The van der Waals surface area contributed by atoms with Crippen LogP contribution in [0.4, 0.5) is 0 Å². The van der Waals surface area contributed by atoms with Crippen molar-refractivity contribution in [3.05, 3.63) is 0 Å². The molecular weight excluding hydrogens is 184 g/mol. The maximum absolute atomic E-state index is 5.95. The Labute approximate surface area is 94.2 Å². The largest absolute Gasteiger partial charge is 0.328 e. The quantitative estimate of drug-likeness (QED) is 0.755. The van der Waals surface area contributed by atoms with Gasteiger partial charge in [0.1, 0.15) is 0 Å². The monoisotopic (exact) mass is 210 g/mol. The highest BCUT2D eigenvalue weighted by Gasteiger charge is 2.26. The molecule has 0 aromatic heterocycles. The second kappa shape index (κ2) is 5.31. The lowest BCUT2D eigenvalue weighted by Crippen LogP contribution is -2.41. The van der Waals surface area contributed by atoms with E-state index in [0.29, 0.717) is 6.04 Å². The number of nitrogens with two attached hydrogens (primary N) is 1. The maximum Gasteiger partial charge on any atom is 0.00962 e. The Balaban J connectivity index is 1.72. The fraction of sp³-hybridized carbons (Fsp3) is 1.00. The van der Waals surface area contributed by atoms with E-state index in [1.54, 1.807) is 0 Å². The summed E-state index contributed by atoms with van der Waals surface area (Å²) in [6.45, 7) is 4.87. The molecule has 2 N–H and O–H groups in total. The second-order valence-corrected chi connectivity index (χ2v) is 5.43. The van der Waals surface area contributed by atoms with Gasteiger partial charge in [-0.05, 0) is 51.1 Å². The predicted octanol–water partition coefficient (Wildman–Crippen LogP) is 2.38. The Bertz CT molecular complexity index is 181. The lowest BCUT2D eigenvalue weighted by molar-refractivity contribution is 0.153. The zero-order valence-corrected chi connectivity index (χ0v) is 10.1. The minimum absolute atomic E-state index is 0.489. The van der Waals surface area contributed by atoms with Crippen LogP contribution in [0.25, 0.3) is 0 Å². The van der Waals surface area contributed by atoms with Crippen LogP contribution in [0.2, 0.25) is 0 Å². The molecule has 2 aliphatic carbocycles. The van der Waals surface area contributed by atoms with E-state index >= 15 is 0 Å². The molecule has 15 heavy (non-hydrogen) atoms. The van der Waals surface area contributed by atoms with Gasteiger partial charge >= 0.3 is 0 Å². The molecule has 0 bridgehead atoms. The van der Waals surface area contributed by atoms with Gasteiger partial charge in [0.15, 0.2) is 0 Å². The van der Waals surface area contributed by atoms with Gasteiger partial charge < -0.3 is 10.6 Å². The third-order valence-electron chi connectivity index (χ3n) is 4.19. The van der Waals surface area contributed by atoms with Crippen molar-refractivity contribution in [2.45, 2.75) is 64.0 Å². The van der Waals surface area contributed by atoms with Crippen molar-refractivity contribution < 1.29 is 0 Å². The van der Waals surface area contributed by atoms with E-state index in [0.717, 1.165) is 12.0 Å². The van der Waals surface area contributed by atoms with Crippen LogP contribution in [-0.2, 0) is 0 Å². The molecule has 0 spiro atoms. The van der Waals surface area contributed by atoms with E-state index in [2.05, 4.69) is 11.8 Å². The first-order chi connectivity index (χ1) is 7.29. The van der Waals surface area contributed by atoms with Crippen LogP contribution in [0.3, 0.4) is 0 Å². The maximum atomic E-state index is 5.95. The smallest absolute Gasteiger partial charge is 0.00962 e. The van der Waals surface area contributed by atoms with E-state index in [9.17, 15) is 0 Å². The molecule has 2 aliphatic rings. The summed E-state index contributed by atoms with van der Waals surface area (Å²) in [4.78, 5) is 2.70. The third kappa shape index (κ3) is 3.46. The Hall–Kier alpha value is -0.0800. The highest BCUT2D eigenvalue weighted by molar-refractivity contribution is 4.82. The summed E-state index contributed by atoms with van der Waals surface area (Å²) in [7, 11) is 0. The predicted molar refractivity (Wildman–Crippen MR) is 64.8 cm³/mol. The Morgan fingerprint density at radius 1 is 1.07 bits per heavy atom. The standard InChI is InChI=1S/C13H26N2/c1-2-15(10-9-11-3-4-11)13-7-5-12(14)6-8-13/h11-13H,2-10,14H2,1H3. The summed E-state index contributed by atoms with van der Waals surface area (Å²) in [5.41, 5.74) is 5.95. The van der Waals surface area contributed by atoms with Crippen molar-refractivity contribution >= 4 is 0 Å². The number of hydrogen-bond acceptors (Lipinski definition) is 2. The van der Waals surface area contributed by atoms with E-state index in [4.69, 9.17) is 5.73 Å². The molecule has 88 valence electrons. The minimum Gasteiger partial charge on any atom is -0.328 e. The van der Waals surface area contributed by atoms with Crippen molar-refractivity contribution in [2.75, 3.05) is 13.1 Å². The topological polar surface area (TPSA) is 29.3 Å². The number of rotatable bonds is 5. The summed E-state index contributed by atoms with van der Waals surface area (Å²) < 4.78 is 0. The second-order valence-electron chi connectivity index (χ2n) is 5.43. The fourth-order valence-electron chi connectivity index (χ4n) is 2.82. The van der Waals surface area contributed by atoms with Gasteiger partial charge in [0, 0.05) is 12.1 Å². The fourth-order valence-corrected chi connectivity index (χ4v) is 2.82. The Morgan fingerprint density at radius 3 is 2.27 bits per heavy atom. The van der Waals surface area contributed by atoms with Gasteiger partial charge in [-0.25, -0.2) is 0 Å². The van der Waals surface area contributed by atoms with E-state index in [-0.39, 0.29) is 0 Å². The lowest BCUT2D eigenvalue weighted by atomic mass is 9.90. The van der Waals surface area contributed by atoms with Gasteiger partial charge in [-0.1, -0.05) is 19.8 Å². The molecule has 0 saturated heterocycles. The molecule has 0 amide bonds. The first kappa shape index (κ1) is 11.4. The van der Waals surface area contributed by atoms with E-state index < -0.39 is 0 Å². The van der Waals surface area contributed by atoms with Gasteiger partial charge in [0.2, 0.25) is 0 Å². The molecule has 0 aromatic rings. The highest BCUT2D eigenvalue weighted by Crippen LogP contribution is 2.33. The van der Waals surface area contributed by atoms with Crippen LogP contribution in [0.1, 0.15) is 51.9 Å². The Kier molecular flexibility index (Phi) is 4.04.